The minimum atomic E-state index is -4.20. The zero-order valence-electron chi connectivity index (χ0n) is 8.18. The van der Waals surface area contributed by atoms with Crippen LogP contribution in [0.3, 0.4) is 0 Å². The average Bonchev–Trinajstić information content (AvgIpc) is 2.08. The van der Waals surface area contributed by atoms with Gasteiger partial charge >= 0.3 is 12.1 Å². The van der Waals surface area contributed by atoms with Crippen LogP contribution in [0.2, 0.25) is 0 Å². The molecular formula is C8H15F3N2O2. The number of nitrogens with two attached hydrogens (primary N) is 1. The Balaban J connectivity index is 3.29. The summed E-state index contributed by atoms with van der Waals surface area (Å²) in [5.41, 5.74) is 5.20. The molecule has 7 heteroatoms. The summed E-state index contributed by atoms with van der Waals surface area (Å²) in [6.07, 6.45) is -2.93. The molecule has 0 radical (unpaired) electrons. The molecule has 0 aliphatic rings. The zero-order chi connectivity index (χ0) is 11.9. The standard InChI is InChI=1S/C8H15F3N2O2/c9-8(10,11)5-13-4-2-1-3-6(12)7(14)15/h6,13H,1-5,12H2,(H,14,15). The van der Waals surface area contributed by atoms with E-state index in [0.717, 1.165) is 0 Å². The van der Waals surface area contributed by atoms with Gasteiger partial charge in [-0.3, -0.25) is 4.79 Å². The first-order chi connectivity index (χ1) is 6.83. The molecule has 0 spiro atoms. The Morgan fingerprint density at radius 3 is 2.47 bits per heavy atom. The van der Waals surface area contributed by atoms with E-state index in [1.807, 2.05) is 0 Å². The highest BCUT2D eigenvalue weighted by Crippen LogP contribution is 2.12. The molecule has 0 bridgehead atoms. The van der Waals surface area contributed by atoms with Crippen LogP contribution in [0, 0.1) is 0 Å². The molecule has 0 saturated carbocycles. The zero-order valence-corrected chi connectivity index (χ0v) is 8.18. The van der Waals surface area contributed by atoms with Crippen LogP contribution in [0.15, 0.2) is 0 Å². The number of hydrogen-bond acceptors (Lipinski definition) is 3. The van der Waals surface area contributed by atoms with Crippen LogP contribution in [-0.2, 0) is 4.79 Å². The Kier molecular flexibility index (Phi) is 6.26. The fourth-order valence-electron chi connectivity index (χ4n) is 0.968. The fourth-order valence-corrected chi connectivity index (χ4v) is 0.968. The first-order valence-corrected chi connectivity index (χ1v) is 4.59. The molecule has 0 aromatic carbocycles. The smallest absolute Gasteiger partial charge is 0.401 e. The van der Waals surface area contributed by atoms with Gasteiger partial charge in [0, 0.05) is 0 Å². The average molecular weight is 228 g/mol. The molecule has 1 atom stereocenters. The van der Waals surface area contributed by atoms with Crippen molar-refractivity contribution in [1.82, 2.24) is 5.32 Å². The molecule has 0 aromatic heterocycles. The van der Waals surface area contributed by atoms with E-state index >= 15 is 0 Å². The quantitative estimate of drug-likeness (QED) is 0.561. The lowest BCUT2D eigenvalue weighted by Crippen LogP contribution is -2.31. The molecule has 0 aliphatic carbocycles. The minimum Gasteiger partial charge on any atom is -0.480 e. The Morgan fingerprint density at radius 1 is 1.40 bits per heavy atom. The second-order valence-corrected chi connectivity index (χ2v) is 3.23. The summed E-state index contributed by atoms with van der Waals surface area (Å²) in [6.45, 7) is -0.802. The molecule has 0 aromatic rings. The van der Waals surface area contributed by atoms with Crippen LogP contribution >= 0.6 is 0 Å². The van der Waals surface area contributed by atoms with Gasteiger partial charge in [0.05, 0.1) is 6.54 Å². The van der Waals surface area contributed by atoms with Crippen molar-refractivity contribution in [3.63, 3.8) is 0 Å². The highest BCUT2D eigenvalue weighted by atomic mass is 19.4. The summed E-state index contributed by atoms with van der Waals surface area (Å²) in [7, 11) is 0. The SMILES string of the molecule is NC(CCCCNCC(F)(F)F)C(=O)O. The molecule has 0 rings (SSSR count). The van der Waals surface area contributed by atoms with E-state index in [4.69, 9.17) is 10.8 Å². The van der Waals surface area contributed by atoms with E-state index in [0.29, 0.717) is 12.8 Å². The minimum absolute atomic E-state index is 0.214. The van der Waals surface area contributed by atoms with Gasteiger partial charge in [-0.1, -0.05) is 6.42 Å². The highest BCUT2D eigenvalue weighted by molar-refractivity contribution is 5.72. The molecule has 15 heavy (non-hydrogen) atoms. The number of rotatable bonds is 7. The molecule has 90 valence electrons. The van der Waals surface area contributed by atoms with Crippen molar-refractivity contribution in [2.75, 3.05) is 13.1 Å². The van der Waals surface area contributed by atoms with Gasteiger partial charge < -0.3 is 16.2 Å². The van der Waals surface area contributed by atoms with Crippen molar-refractivity contribution in [1.29, 1.82) is 0 Å². The van der Waals surface area contributed by atoms with Gasteiger partial charge in [-0.2, -0.15) is 13.2 Å². The molecular weight excluding hydrogens is 213 g/mol. The Morgan fingerprint density at radius 2 is 2.00 bits per heavy atom. The van der Waals surface area contributed by atoms with Crippen molar-refractivity contribution in [3.8, 4) is 0 Å². The van der Waals surface area contributed by atoms with Crippen LogP contribution < -0.4 is 11.1 Å². The summed E-state index contributed by atoms with van der Waals surface area (Å²) in [5.74, 6) is -1.08. The summed E-state index contributed by atoms with van der Waals surface area (Å²) in [6, 6.07) is -0.924. The van der Waals surface area contributed by atoms with Crippen LogP contribution in [0.25, 0.3) is 0 Å². The maximum Gasteiger partial charge on any atom is 0.401 e. The van der Waals surface area contributed by atoms with Gasteiger partial charge in [-0.25, -0.2) is 0 Å². The molecule has 4 N–H and O–H groups in total. The summed E-state index contributed by atoms with van der Waals surface area (Å²) in [5, 5.41) is 10.6. The monoisotopic (exact) mass is 228 g/mol. The van der Waals surface area contributed by atoms with Crippen LogP contribution in [0.4, 0.5) is 13.2 Å². The topological polar surface area (TPSA) is 75.3 Å². The number of aliphatic carboxylic acids is 1. The first-order valence-electron chi connectivity index (χ1n) is 4.59. The van der Waals surface area contributed by atoms with E-state index in [9.17, 15) is 18.0 Å². The number of hydrogen-bond donors (Lipinski definition) is 3. The molecule has 0 amide bonds. The second-order valence-electron chi connectivity index (χ2n) is 3.23. The third-order valence-corrected chi connectivity index (χ3v) is 1.76. The second kappa shape index (κ2) is 6.62. The lowest BCUT2D eigenvalue weighted by atomic mass is 10.1. The third kappa shape index (κ3) is 9.48. The third-order valence-electron chi connectivity index (χ3n) is 1.76. The number of nitrogens with one attached hydrogen (secondary N) is 1. The van der Waals surface area contributed by atoms with Crippen LogP contribution in [-0.4, -0.2) is 36.4 Å². The van der Waals surface area contributed by atoms with E-state index in [2.05, 4.69) is 5.32 Å². The van der Waals surface area contributed by atoms with Gasteiger partial charge in [0.25, 0.3) is 0 Å². The number of carboxylic acid groups (broad SMARTS) is 1. The van der Waals surface area contributed by atoms with Crippen molar-refractivity contribution in [2.45, 2.75) is 31.5 Å². The van der Waals surface area contributed by atoms with Gasteiger partial charge in [-0.15, -0.1) is 0 Å². The number of carboxylic acids is 1. The molecule has 0 saturated heterocycles. The first kappa shape index (κ1) is 14.2. The lowest BCUT2D eigenvalue weighted by Gasteiger charge is -2.08. The molecule has 0 aliphatic heterocycles. The Labute approximate surface area is 85.6 Å². The van der Waals surface area contributed by atoms with Crippen LogP contribution in [0.1, 0.15) is 19.3 Å². The predicted molar refractivity (Wildman–Crippen MR) is 48.4 cm³/mol. The van der Waals surface area contributed by atoms with Crippen LogP contribution in [0.5, 0.6) is 0 Å². The predicted octanol–water partition coefficient (Wildman–Crippen LogP) is 0.720. The maximum atomic E-state index is 11.6. The molecule has 0 fully saturated rings. The van der Waals surface area contributed by atoms with E-state index in [1.165, 1.54) is 0 Å². The molecule has 1 unspecified atom stereocenters. The maximum absolute atomic E-state index is 11.6. The number of alkyl halides is 3. The van der Waals surface area contributed by atoms with E-state index in [1.54, 1.807) is 0 Å². The largest absolute Gasteiger partial charge is 0.480 e. The highest BCUT2D eigenvalue weighted by Gasteiger charge is 2.25. The van der Waals surface area contributed by atoms with Gasteiger partial charge in [0.2, 0.25) is 0 Å². The van der Waals surface area contributed by atoms with Crippen molar-refractivity contribution >= 4 is 5.97 Å². The summed E-state index contributed by atoms with van der Waals surface area (Å²) >= 11 is 0. The van der Waals surface area contributed by atoms with Crippen molar-refractivity contribution in [3.05, 3.63) is 0 Å². The Bertz CT molecular complexity index is 197. The van der Waals surface area contributed by atoms with Crippen molar-refractivity contribution < 1.29 is 23.1 Å². The van der Waals surface area contributed by atoms with E-state index in [-0.39, 0.29) is 13.0 Å². The lowest BCUT2D eigenvalue weighted by molar-refractivity contribution is -0.138. The van der Waals surface area contributed by atoms with E-state index < -0.39 is 24.7 Å². The molecule has 0 heterocycles. The Hall–Kier alpha value is -0.820. The summed E-state index contributed by atoms with van der Waals surface area (Å²) in [4.78, 5) is 10.3. The number of carbonyl (C=O) groups is 1. The number of unbranched alkanes of at least 4 members (excludes halogenated alkanes) is 1. The normalized spacial score (nSPS) is 13.9. The van der Waals surface area contributed by atoms with Gasteiger partial charge in [0.15, 0.2) is 0 Å². The van der Waals surface area contributed by atoms with Crippen molar-refractivity contribution in [2.24, 2.45) is 5.73 Å². The van der Waals surface area contributed by atoms with Gasteiger partial charge in [0.1, 0.15) is 6.04 Å². The summed E-state index contributed by atoms with van der Waals surface area (Å²) < 4.78 is 34.9. The van der Waals surface area contributed by atoms with Gasteiger partial charge in [-0.05, 0) is 19.4 Å². The molecule has 4 nitrogen and oxygen atoms in total. The fraction of sp³-hybridized carbons (Fsp3) is 0.875. The number of halogens is 3.